The van der Waals surface area contributed by atoms with Crippen LogP contribution in [-0.2, 0) is 9.59 Å². The first-order chi connectivity index (χ1) is 13.4. The molecule has 1 aliphatic heterocycles. The standard InChI is InChI=1S/C22H33N3O3/c1-5-19(26)25-13-11-17(12-14-25)20(22(28)24(6-2)7-3)23-21(27)18-10-8-9-16(4)15-18/h8-10,15,17,20H,5-7,11-14H2,1-4H3,(H,23,27). The molecule has 0 aromatic heterocycles. The Morgan fingerprint density at radius 2 is 1.79 bits per heavy atom. The third kappa shape index (κ3) is 5.33. The highest BCUT2D eigenvalue weighted by Crippen LogP contribution is 2.23. The van der Waals surface area contributed by atoms with Gasteiger partial charge in [0.05, 0.1) is 0 Å². The van der Waals surface area contributed by atoms with Gasteiger partial charge in [-0.15, -0.1) is 0 Å². The Labute approximate surface area is 168 Å². The summed E-state index contributed by atoms with van der Waals surface area (Å²) in [5.74, 6) is -0.0795. The third-order valence-electron chi connectivity index (χ3n) is 5.57. The van der Waals surface area contributed by atoms with Crippen molar-refractivity contribution in [3.8, 4) is 0 Å². The second-order valence-corrected chi connectivity index (χ2v) is 7.40. The van der Waals surface area contributed by atoms with Crippen LogP contribution >= 0.6 is 0 Å². The molecule has 1 aliphatic rings. The highest BCUT2D eigenvalue weighted by Gasteiger charge is 2.35. The van der Waals surface area contributed by atoms with Gasteiger partial charge in [-0.2, -0.15) is 0 Å². The molecule has 154 valence electrons. The number of likely N-dealkylation sites (N-methyl/N-ethyl adjacent to an activating group) is 1. The molecule has 3 amide bonds. The van der Waals surface area contributed by atoms with E-state index < -0.39 is 6.04 Å². The van der Waals surface area contributed by atoms with Crippen molar-refractivity contribution in [2.45, 2.75) is 53.0 Å². The van der Waals surface area contributed by atoms with Gasteiger partial charge in [0.15, 0.2) is 0 Å². The summed E-state index contributed by atoms with van der Waals surface area (Å²) in [7, 11) is 0. The van der Waals surface area contributed by atoms with Crippen LogP contribution in [0.1, 0.15) is 56.0 Å². The molecule has 0 saturated carbocycles. The van der Waals surface area contributed by atoms with Crippen molar-refractivity contribution in [1.82, 2.24) is 15.1 Å². The SMILES string of the molecule is CCC(=O)N1CCC(C(NC(=O)c2cccc(C)c2)C(=O)N(CC)CC)CC1. The van der Waals surface area contributed by atoms with Gasteiger partial charge in [0.2, 0.25) is 11.8 Å². The molecule has 6 heteroatoms. The van der Waals surface area contributed by atoms with E-state index in [4.69, 9.17) is 0 Å². The Bertz CT molecular complexity index is 692. The molecule has 0 aliphatic carbocycles. The average Bonchev–Trinajstić information content (AvgIpc) is 2.72. The van der Waals surface area contributed by atoms with Gasteiger partial charge in [0, 0.05) is 38.2 Å². The van der Waals surface area contributed by atoms with E-state index in [9.17, 15) is 14.4 Å². The summed E-state index contributed by atoms with van der Waals surface area (Å²) in [5.41, 5.74) is 1.57. The van der Waals surface area contributed by atoms with Gasteiger partial charge >= 0.3 is 0 Å². The maximum Gasteiger partial charge on any atom is 0.251 e. The van der Waals surface area contributed by atoms with E-state index in [1.165, 1.54) is 0 Å². The first-order valence-corrected chi connectivity index (χ1v) is 10.3. The number of nitrogens with one attached hydrogen (secondary N) is 1. The van der Waals surface area contributed by atoms with Gasteiger partial charge in [0.1, 0.15) is 6.04 Å². The zero-order valence-corrected chi connectivity index (χ0v) is 17.5. The summed E-state index contributed by atoms with van der Waals surface area (Å²) in [5, 5.41) is 3.00. The number of hydrogen-bond acceptors (Lipinski definition) is 3. The summed E-state index contributed by atoms with van der Waals surface area (Å²) >= 11 is 0. The molecular formula is C22H33N3O3. The molecule has 2 rings (SSSR count). The fourth-order valence-electron chi connectivity index (χ4n) is 3.83. The smallest absolute Gasteiger partial charge is 0.251 e. The molecule has 1 heterocycles. The second kappa shape index (κ2) is 10.2. The largest absolute Gasteiger partial charge is 0.343 e. The molecule has 0 spiro atoms. The Balaban J connectivity index is 2.17. The van der Waals surface area contributed by atoms with Crippen LogP contribution in [0.4, 0.5) is 0 Å². The van der Waals surface area contributed by atoms with E-state index in [1.807, 2.05) is 50.8 Å². The van der Waals surface area contributed by atoms with Gasteiger partial charge in [-0.05, 0) is 51.7 Å². The fourth-order valence-corrected chi connectivity index (χ4v) is 3.83. The molecule has 1 saturated heterocycles. The topological polar surface area (TPSA) is 69.7 Å². The lowest BCUT2D eigenvalue weighted by Gasteiger charge is -2.37. The molecular weight excluding hydrogens is 354 g/mol. The lowest BCUT2D eigenvalue weighted by Crippen LogP contribution is -2.54. The van der Waals surface area contributed by atoms with E-state index in [-0.39, 0.29) is 23.6 Å². The van der Waals surface area contributed by atoms with Crippen LogP contribution in [0.2, 0.25) is 0 Å². The average molecular weight is 388 g/mol. The van der Waals surface area contributed by atoms with Gasteiger partial charge in [-0.1, -0.05) is 24.6 Å². The normalized spacial score (nSPS) is 15.8. The monoisotopic (exact) mass is 387 g/mol. The number of rotatable bonds is 7. The molecule has 1 atom stereocenters. The van der Waals surface area contributed by atoms with Gasteiger partial charge in [0.25, 0.3) is 5.91 Å². The van der Waals surface area contributed by atoms with Gasteiger partial charge < -0.3 is 15.1 Å². The lowest BCUT2D eigenvalue weighted by molar-refractivity contribution is -0.135. The van der Waals surface area contributed by atoms with Crippen LogP contribution in [-0.4, -0.2) is 59.7 Å². The van der Waals surface area contributed by atoms with Crippen LogP contribution in [0.3, 0.4) is 0 Å². The fraction of sp³-hybridized carbons (Fsp3) is 0.591. The number of benzene rings is 1. The van der Waals surface area contributed by atoms with Crippen molar-refractivity contribution in [2.24, 2.45) is 5.92 Å². The Hall–Kier alpha value is -2.37. The molecule has 1 unspecified atom stereocenters. The van der Waals surface area contributed by atoms with Crippen LogP contribution in [0, 0.1) is 12.8 Å². The first kappa shape index (κ1) is 21.9. The molecule has 0 bridgehead atoms. The van der Waals surface area contributed by atoms with Crippen molar-refractivity contribution in [3.05, 3.63) is 35.4 Å². The number of amides is 3. The van der Waals surface area contributed by atoms with E-state index in [1.54, 1.807) is 11.0 Å². The minimum absolute atomic E-state index is 0.0303. The maximum atomic E-state index is 13.1. The van der Waals surface area contributed by atoms with E-state index in [0.717, 1.165) is 18.4 Å². The van der Waals surface area contributed by atoms with Crippen LogP contribution in [0.5, 0.6) is 0 Å². The van der Waals surface area contributed by atoms with E-state index >= 15 is 0 Å². The number of aryl methyl sites for hydroxylation is 1. The van der Waals surface area contributed by atoms with Crippen LogP contribution < -0.4 is 5.32 Å². The molecule has 1 aromatic carbocycles. The van der Waals surface area contributed by atoms with Gasteiger partial charge in [-0.25, -0.2) is 0 Å². The van der Waals surface area contributed by atoms with Crippen LogP contribution in [0.15, 0.2) is 24.3 Å². The highest BCUT2D eigenvalue weighted by atomic mass is 16.2. The predicted molar refractivity (Wildman–Crippen MR) is 110 cm³/mol. The van der Waals surface area contributed by atoms with E-state index in [0.29, 0.717) is 38.2 Å². The summed E-state index contributed by atoms with van der Waals surface area (Å²) in [6, 6.07) is 6.82. The molecule has 1 fully saturated rings. The molecule has 1 N–H and O–H groups in total. The maximum absolute atomic E-state index is 13.1. The molecule has 0 radical (unpaired) electrons. The number of carbonyl (C=O) groups is 3. The van der Waals surface area contributed by atoms with Crippen molar-refractivity contribution >= 4 is 17.7 Å². The quantitative estimate of drug-likeness (QED) is 0.782. The summed E-state index contributed by atoms with van der Waals surface area (Å²) in [6.07, 6.45) is 1.94. The lowest BCUT2D eigenvalue weighted by atomic mass is 9.88. The van der Waals surface area contributed by atoms with Crippen molar-refractivity contribution in [2.75, 3.05) is 26.2 Å². The van der Waals surface area contributed by atoms with Crippen molar-refractivity contribution in [3.63, 3.8) is 0 Å². The highest BCUT2D eigenvalue weighted by molar-refractivity contribution is 5.97. The third-order valence-corrected chi connectivity index (χ3v) is 5.57. The van der Waals surface area contributed by atoms with Crippen LogP contribution in [0.25, 0.3) is 0 Å². The van der Waals surface area contributed by atoms with E-state index in [2.05, 4.69) is 5.32 Å². The Kier molecular flexibility index (Phi) is 8.03. The van der Waals surface area contributed by atoms with Crippen molar-refractivity contribution < 1.29 is 14.4 Å². The zero-order valence-electron chi connectivity index (χ0n) is 17.5. The second-order valence-electron chi connectivity index (χ2n) is 7.40. The Morgan fingerprint density at radius 3 is 2.32 bits per heavy atom. The summed E-state index contributed by atoms with van der Waals surface area (Å²) < 4.78 is 0. The minimum Gasteiger partial charge on any atom is -0.343 e. The minimum atomic E-state index is -0.563. The summed E-state index contributed by atoms with van der Waals surface area (Å²) in [6.45, 7) is 10.2. The number of hydrogen-bond donors (Lipinski definition) is 1. The molecule has 6 nitrogen and oxygen atoms in total. The molecule has 28 heavy (non-hydrogen) atoms. The summed E-state index contributed by atoms with van der Waals surface area (Å²) in [4.78, 5) is 41.5. The number of likely N-dealkylation sites (tertiary alicyclic amines) is 1. The van der Waals surface area contributed by atoms with Crippen molar-refractivity contribution in [1.29, 1.82) is 0 Å². The number of carbonyl (C=O) groups excluding carboxylic acids is 3. The van der Waals surface area contributed by atoms with Gasteiger partial charge in [-0.3, -0.25) is 14.4 Å². The predicted octanol–water partition coefficient (Wildman–Crippen LogP) is 2.61. The Morgan fingerprint density at radius 1 is 1.14 bits per heavy atom. The first-order valence-electron chi connectivity index (χ1n) is 10.3. The molecule has 1 aromatic rings. The zero-order chi connectivity index (χ0) is 20.7. The number of nitrogens with zero attached hydrogens (tertiary/aromatic N) is 2. The number of piperidine rings is 1.